The minimum atomic E-state index is -0.570. The number of hydrogen-bond acceptors (Lipinski definition) is 3. The number of ether oxygens (including phenoxy) is 1. The lowest BCUT2D eigenvalue weighted by Crippen LogP contribution is -2.41. The molecule has 0 heterocycles. The van der Waals surface area contributed by atoms with Crippen molar-refractivity contribution in [3.05, 3.63) is 12.2 Å². The average Bonchev–Trinajstić information content (AvgIpc) is 2.16. The van der Waals surface area contributed by atoms with Gasteiger partial charge in [-0.3, -0.25) is 10.1 Å². The molecule has 0 aliphatic heterocycles. The standard InChI is InChI=1S/C9H15ClN2O3/c1-7(2)6-15-4-3-11-9(14)12-8(13)5-10/h1,3-6H2,2H3,(H2,11,12,13,14). The zero-order chi connectivity index (χ0) is 11.7. The van der Waals surface area contributed by atoms with E-state index in [4.69, 9.17) is 16.3 Å². The molecule has 6 heteroatoms. The van der Waals surface area contributed by atoms with Gasteiger partial charge in [0.25, 0.3) is 0 Å². The smallest absolute Gasteiger partial charge is 0.321 e. The van der Waals surface area contributed by atoms with E-state index < -0.39 is 11.9 Å². The Hall–Kier alpha value is -1.07. The van der Waals surface area contributed by atoms with E-state index in [1.54, 1.807) is 0 Å². The van der Waals surface area contributed by atoms with Gasteiger partial charge in [-0.25, -0.2) is 4.79 Å². The molecule has 2 N–H and O–H groups in total. The second-order valence-electron chi connectivity index (χ2n) is 2.95. The summed E-state index contributed by atoms with van der Waals surface area (Å²) in [7, 11) is 0. The number of carbonyl (C=O) groups is 2. The van der Waals surface area contributed by atoms with Crippen molar-refractivity contribution < 1.29 is 14.3 Å². The first-order valence-electron chi connectivity index (χ1n) is 4.42. The Bertz CT molecular complexity index is 244. The van der Waals surface area contributed by atoms with Crippen LogP contribution in [0.5, 0.6) is 0 Å². The Morgan fingerprint density at radius 3 is 2.67 bits per heavy atom. The molecule has 15 heavy (non-hydrogen) atoms. The van der Waals surface area contributed by atoms with Crippen molar-refractivity contribution >= 4 is 23.5 Å². The topological polar surface area (TPSA) is 67.4 Å². The van der Waals surface area contributed by atoms with E-state index in [0.717, 1.165) is 5.57 Å². The Kier molecular flexibility index (Phi) is 7.67. The number of nitrogens with one attached hydrogen (secondary N) is 2. The molecular formula is C9H15ClN2O3. The lowest BCUT2D eigenvalue weighted by Gasteiger charge is -2.06. The predicted molar refractivity (Wildman–Crippen MR) is 57.9 cm³/mol. The van der Waals surface area contributed by atoms with Gasteiger partial charge in [0.15, 0.2) is 0 Å². The van der Waals surface area contributed by atoms with Crippen molar-refractivity contribution in [2.24, 2.45) is 0 Å². The summed E-state index contributed by atoms with van der Waals surface area (Å²) in [6.45, 7) is 6.66. The van der Waals surface area contributed by atoms with E-state index in [-0.39, 0.29) is 5.88 Å². The van der Waals surface area contributed by atoms with Gasteiger partial charge in [-0.05, 0) is 6.92 Å². The van der Waals surface area contributed by atoms with E-state index in [9.17, 15) is 9.59 Å². The average molecular weight is 235 g/mol. The third-order valence-electron chi connectivity index (χ3n) is 1.25. The Labute approximate surface area is 93.8 Å². The molecule has 0 aliphatic carbocycles. The highest BCUT2D eigenvalue weighted by Gasteiger charge is 2.04. The number of imide groups is 1. The van der Waals surface area contributed by atoms with Crippen molar-refractivity contribution in [1.82, 2.24) is 10.6 Å². The van der Waals surface area contributed by atoms with Gasteiger partial charge in [0.2, 0.25) is 5.91 Å². The van der Waals surface area contributed by atoms with E-state index in [1.807, 2.05) is 12.2 Å². The van der Waals surface area contributed by atoms with Crippen molar-refractivity contribution in [1.29, 1.82) is 0 Å². The maximum atomic E-state index is 10.9. The van der Waals surface area contributed by atoms with E-state index in [1.165, 1.54) is 0 Å². The maximum Gasteiger partial charge on any atom is 0.321 e. The molecule has 0 fully saturated rings. The zero-order valence-corrected chi connectivity index (χ0v) is 9.39. The molecular weight excluding hydrogens is 220 g/mol. The number of carbonyl (C=O) groups excluding carboxylic acids is 2. The van der Waals surface area contributed by atoms with Crippen LogP contribution in [0.3, 0.4) is 0 Å². The maximum absolute atomic E-state index is 10.9. The van der Waals surface area contributed by atoms with Crippen molar-refractivity contribution in [2.75, 3.05) is 25.6 Å². The van der Waals surface area contributed by atoms with Crippen LogP contribution in [-0.2, 0) is 9.53 Å². The molecule has 0 atom stereocenters. The summed E-state index contributed by atoms with van der Waals surface area (Å²) in [4.78, 5) is 21.6. The number of hydrogen-bond donors (Lipinski definition) is 2. The van der Waals surface area contributed by atoms with Gasteiger partial charge in [-0.2, -0.15) is 0 Å². The van der Waals surface area contributed by atoms with Crippen molar-refractivity contribution in [3.8, 4) is 0 Å². The Morgan fingerprint density at radius 1 is 1.47 bits per heavy atom. The minimum Gasteiger partial charge on any atom is -0.375 e. The van der Waals surface area contributed by atoms with Crippen LogP contribution in [0.15, 0.2) is 12.2 Å². The van der Waals surface area contributed by atoms with Crippen LogP contribution in [0.1, 0.15) is 6.92 Å². The molecule has 3 amide bonds. The first-order valence-corrected chi connectivity index (χ1v) is 4.95. The van der Waals surface area contributed by atoms with Crippen LogP contribution < -0.4 is 10.6 Å². The molecule has 0 radical (unpaired) electrons. The Morgan fingerprint density at radius 2 is 2.13 bits per heavy atom. The summed E-state index contributed by atoms with van der Waals surface area (Å²) in [6.07, 6.45) is 0. The Balaban J connectivity index is 3.39. The minimum absolute atomic E-state index is 0.237. The molecule has 86 valence electrons. The molecule has 0 rings (SSSR count). The number of alkyl halides is 1. The van der Waals surface area contributed by atoms with Gasteiger partial charge in [-0.1, -0.05) is 12.2 Å². The summed E-state index contributed by atoms with van der Waals surface area (Å²) < 4.78 is 5.12. The second kappa shape index (κ2) is 8.26. The second-order valence-corrected chi connectivity index (χ2v) is 3.21. The van der Waals surface area contributed by atoms with Crippen LogP contribution in [-0.4, -0.2) is 37.6 Å². The fourth-order valence-electron chi connectivity index (χ4n) is 0.687. The SMILES string of the molecule is C=C(C)COCCNC(=O)NC(=O)CCl. The first-order chi connectivity index (χ1) is 7.06. The lowest BCUT2D eigenvalue weighted by molar-refractivity contribution is -0.117. The quantitative estimate of drug-likeness (QED) is 0.403. The van der Waals surface area contributed by atoms with Crippen molar-refractivity contribution in [2.45, 2.75) is 6.92 Å². The summed E-state index contributed by atoms with van der Waals surface area (Å²) in [5, 5.41) is 4.47. The molecule has 0 aromatic rings. The normalized spacial score (nSPS) is 9.47. The number of halogens is 1. The highest BCUT2D eigenvalue weighted by atomic mass is 35.5. The van der Waals surface area contributed by atoms with Gasteiger partial charge in [0.1, 0.15) is 5.88 Å². The molecule has 5 nitrogen and oxygen atoms in total. The summed E-state index contributed by atoms with van der Waals surface area (Å²) in [5.41, 5.74) is 0.914. The largest absolute Gasteiger partial charge is 0.375 e. The lowest BCUT2D eigenvalue weighted by atomic mass is 10.4. The van der Waals surface area contributed by atoms with Crippen LogP contribution >= 0.6 is 11.6 Å². The summed E-state index contributed by atoms with van der Waals surface area (Å²) in [5.74, 6) is -0.767. The van der Waals surface area contributed by atoms with Gasteiger partial charge < -0.3 is 10.1 Å². The fourth-order valence-corrected chi connectivity index (χ4v) is 0.754. The van der Waals surface area contributed by atoms with Crippen LogP contribution in [0.2, 0.25) is 0 Å². The third kappa shape index (κ3) is 9.24. The molecule has 0 saturated heterocycles. The molecule has 0 spiro atoms. The number of amides is 3. The molecule has 0 bridgehead atoms. The molecule has 0 unspecified atom stereocenters. The van der Waals surface area contributed by atoms with Crippen molar-refractivity contribution in [3.63, 3.8) is 0 Å². The highest BCUT2D eigenvalue weighted by Crippen LogP contribution is 1.86. The number of urea groups is 1. The van der Waals surface area contributed by atoms with Gasteiger partial charge >= 0.3 is 6.03 Å². The summed E-state index contributed by atoms with van der Waals surface area (Å²) >= 11 is 5.19. The van der Waals surface area contributed by atoms with Gasteiger partial charge in [0.05, 0.1) is 13.2 Å². The summed E-state index contributed by atoms with van der Waals surface area (Å²) in [6, 6.07) is -0.570. The molecule has 0 saturated carbocycles. The van der Waals surface area contributed by atoms with Crippen LogP contribution in [0.4, 0.5) is 4.79 Å². The zero-order valence-electron chi connectivity index (χ0n) is 8.64. The monoisotopic (exact) mass is 234 g/mol. The van der Waals surface area contributed by atoms with Crippen LogP contribution in [0.25, 0.3) is 0 Å². The van der Waals surface area contributed by atoms with Crippen LogP contribution in [0, 0.1) is 0 Å². The molecule has 0 aromatic carbocycles. The number of rotatable bonds is 6. The van der Waals surface area contributed by atoms with E-state index in [2.05, 4.69) is 11.9 Å². The third-order valence-corrected chi connectivity index (χ3v) is 1.50. The van der Waals surface area contributed by atoms with Gasteiger partial charge in [-0.15, -0.1) is 11.6 Å². The molecule has 0 aliphatic rings. The first kappa shape index (κ1) is 13.9. The van der Waals surface area contributed by atoms with Gasteiger partial charge in [0, 0.05) is 6.54 Å². The molecule has 0 aromatic heterocycles. The van der Waals surface area contributed by atoms with E-state index in [0.29, 0.717) is 19.8 Å². The predicted octanol–water partition coefficient (Wildman–Crippen LogP) is 0.644. The van der Waals surface area contributed by atoms with E-state index >= 15 is 0 Å². The fraction of sp³-hybridized carbons (Fsp3) is 0.556. The highest BCUT2D eigenvalue weighted by molar-refractivity contribution is 6.28.